The lowest BCUT2D eigenvalue weighted by Gasteiger charge is -2.37. The predicted molar refractivity (Wildman–Crippen MR) is 134 cm³/mol. The van der Waals surface area contributed by atoms with Crippen LogP contribution in [0.25, 0.3) is 0 Å². The third-order valence-electron chi connectivity index (χ3n) is 8.06. The highest BCUT2D eigenvalue weighted by Crippen LogP contribution is 2.37. The van der Waals surface area contributed by atoms with Gasteiger partial charge in [0.1, 0.15) is 12.4 Å². The Bertz CT molecular complexity index is 1130. The molecule has 4 N–H and O–H groups in total. The second-order valence-electron chi connectivity index (χ2n) is 10.5. The molecule has 12 heteroatoms. The normalized spacial score (nSPS) is 28.6. The summed E-state index contributed by atoms with van der Waals surface area (Å²) in [4.78, 5) is 9.34. The second kappa shape index (κ2) is 11.4. The van der Waals surface area contributed by atoms with Crippen LogP contribution in [-0.4, -0.2) is 67.7 Å². The fourth-order valence-corrected chi connectivity index (χ4v) is 5.75. The lowest BCUT2D eigenvalue weighted by atomic mass is 9.78. The molecule has 0 spiro atoms. The number of pyridine rings is 1. The first kappa shape index (κ1) is 26.6. The lowest BCUT2D eigenvalue weighted by Crippen LogP contribution is -2.48. The van der Waals surface area contributed by atoms with E-state index in [0.717, 1.165) is 81.3 Å². The molecule has 1 aliphatic heterocycles. The Balaban J connectivity index is 1.10. The van der Waals surface area contributed by atoms with E-state index in [1.807, 2.05) is 6.20 Å². The molecule has 3 atom stereocenters. The van der Waals surface area contributed by atoms with Gasteiger partial charge in [0.25, 0.3) is 0 Å². The maximum Gasteiger partial charge on any atom is 0.416 e. The molecule has 2 aromatic rings. The Morgan fingerprint density at radius 1 is 1.21 bits per heavy atom. The van der Waals surface area contributed by atoms with E-state index in [1.54, 1.807) is 0 Å². The Labute approximate surface area is 219 Å². The summed E-state index contributed by atoms with van der Waals surface area (Å²) < 4.78 is 44.0. The summed E-state index contributed by atoms with van der Waals surface area (Å²) in [6.45, 7) is 2.09. The van der Waals surface area contributed by atoms with Crippen LogP contribution in [0.3, 0.4) is 0 Å². The van der Waals surface area contributed by atoms with E-state index in [0.29, 0.717) is 5.82 Å². The molecule has 3 aliphatic rings. The number of halogens is 3. The number of aromatic nitrogens is 4. The van der Waals surface area contributed by atoms with Gasteiger partial charge in [-0.15, -0.1) is 10.2 Å². The summed E-state index contributed by atoms with van der Waals surface area (Å²) in [5.74, 6) is 1.53. The number of alkyl halides is 3. The molecule has 1 saturated heterocycles. The minimum Gasteiger partial charge on any atom is -0.469 e. The van der Waals surface area contributed by atoms with Crippen LogP contribution in [0.5, 0.6) is 5.88 Å². The van der Waals surface area contributed by atoms with E-state index < -0.39 is 11.7 Å². The maximum atomic E-state index is 12.9. The van der Waals surface area contributed by atoms with Gasteiger partial charge in [0.2, 0.25) is 5.88 Å². The van der Waals surface area contributed by atoms with E-state index in [1.165, 1.54) is 12.6 Å². The zero-order valence-corrected chi connectivity index (χ0v) is 21.1. The van der Waals surface area contributed by atoms with Crippen LogP contribution < -0.4 is 10.1 Å². The molecule has 0 aromatic carbocycles. The molecule has 38 heavy (non-hydrogen) atoms. The number of allylic oxidation sites excluding steroid dienone is 1. The highest BCUT2D eigenvalue weighted by Gasteiger charge is 2.38. The monoisotopic (exact) mass is 533 g/mol. The van der Waals surface area contributed by atoms with Gasteiger partial charge in [-0.1, -0.05) is 0 Å². The molecule has 0 amide bonds. The molecule has 0 radical (unpaired) electrons. The van der Waals surface area contributed by atoms with Gasteiger partial charge in [-0.25, -0.2) is 4.98 Å². The van der Waals surface area contributed by atoms with Crippen molar-refractivity contribution in [3.8, 4) is 5.88 Å². The van der Waals surface area contributed by atoms with Crippen molar-refractivity contribution in [2.45, 2.75) is 81.8 Å². The molecular formula is C26H34F3N7O2. The summed E-state index contributed by atoms with van der Waals surface area (Å²) in [5, 5.41) is 30.2. The summed E-state index contributed by atoms with van der Waals surface area (Å²) in [6.07, 6.45) is 6.19. The Kier molecular flexibility index (Phi) is 7.98. The van der Waals surface area contributed by atoms with Crippen molar-refractivity contribution in [3.05, 3.63) is 47.3 Å². The van der Waals surface area contributed by atoms with Crippen LogP contribution in [0.1, 0.15) is 68.1 Å². The van der Waals surface area contributed by atoms with Gasteiger partial charge in [-0.05, 0) is 75.6 Å². The van der Waals surface area contributed by atoms with E-state index in [4.69, 9.17) is 10.1 Å². The third kappa shape index (κ3) is 6.17. The molecule has 2 aromatic heterocycles. The molecule has 2 aliphatic carbocycles. The number of hydrogen-bond donors (Lipinski definition) is 4. The number of likely N-dealkylation sites (tertiary alicyclic amines) is 1. The predicted octanol–water partition coefficient (Wildman–Crippen LogP) is 3.79. The lowest BCUT2D eigenvalue weighted by molar-refractivity contribution is -0.137. The Morgan fingerprint density at radius 2 is 2.00 bits per heavy atom. The van der Waals surface area contributed by atoms with Crippen molar-refractivity contribution in [2.75, 3.05) is 13.1 Å². The van der Waals surface area contributed by atoms with E-state index >= 15 is 0 Å². The van der Waals surface area contributed by atoms with Crippen LogP contribution in [-0.2, 0) is 12.8 Å². The fourth-order valence-electron chi connectivity index (χ4n) is 5.75. The molecule has 3 fully saturated rings. The van der Waals surface area contributed by atoms with Crippen molar-refractivity contribution in [1.82, 2.24) is 30.4 Å². The first-order valence-corrected chi connectivity index (χ1v) is 13.3. The zero-order valence-electron chi connectivity index (χ0n) is 21.1. The Morgan fingerprint density at radius 3 is 2.68 bits per heavy atom. The quantitative estimate of drug-likeness (QED) is 0.362. The maximum absolute atomic E-state index is 12.9. The van der Waals surface area contributed by atoms with E-state index in [2.05, 4.69) is 30.4 Å². The van der Waals surface area contributed by atoms with Gasteiger partial charge < -0.3 is 25.6 Å². The number of H-pyrrole nitrogens is 1. The minimum atomic E-state index is -4.46. The average Bonchev–Trinajstić information content (AvgIpc) is 3.49. The van der Waals surface area contributed by atoms with Gasteiger partial charge in [0.05, 0.1) is 11.7 Å². The molecular weight excluding hydrogens is 499 g/mol. The number of nitrogens with one attached hydrogen (secondary N) is 3. The summed E-state index contributed by atoms with van der Waals surface area (Å²) in [7, 11) is 0. The first-order chi connectivity index (χ1) is 18.3. The number of rotatable bonds is 9. The topological polar surface area (TPSA) is 123 Å². The number of nitrogens with zero attached hydrogens (tertiary/aromatic N) is 4. The molecule has 3 heterocycles. The second-order valence-corrected chi connectivity index (χ2v) is 10.5. The SMILES string of the molecule is N=C/C(=C\N[C@H]1C[C@H](O)[C@@H](N2CCC2)C1)[C@H]1CC[C@H](c2nnc(COc3cc(C(F)(F)F)ccn3)[nH]2)CC1. The standard InChI is InChI=1S/C26H34F3N7O2/c27-26(28,29)19-6-7-31-24(10-19)38-15-23-33-25(35-34-23)17-4-2-16(3-5-17)18(13-30)14-32-20-11-21(22(37)12-20)36-8-1-9-36/h6-7,10,13-14,16-17,20-22,30,32,37H,1-5,8-9,11-12,15H2,(H,33,34,35)/b18-14+,30-13?/t16-,17-,20-,21+,22+/m1/s1. The Hall–Kier alpha value is -2.99. The van der Waals surface area contributed by atoms with Crippen molar-refractivity contribution in [3.63, 3.8) is 0 Å². The van der Waals surface area contributed by atoms with Gasteiger partial charge in [-0.3, -0.25) is 4.90 Å². The van der Waals surface area contributed by atoms with Crippen molar-refractivity contribution in [1.29, 1.82) is 5.41 Å². The third-order valence-corrected chi connectivity index (χ3v) is 8.06. The first-order valence-electron chi connectivity index (χ1n) is 13.3. The van der Waals surface area contributed by atoms with Gasteiger partial charge in [0, 0.05) is 42.7 Å². The minimum absolute atomic E-state index is 0.0580. The highest BCUT2D eigenvalue weighted by atomic mass is 19.4. The van der Waals surface area contributed by atoms with E-state index in [-0.39, 0.29) is 42.5 Å². The largest absolute Gasteiger partial charge is 0.469 e. The molecule has 0 unspecified atom stereocenters. The molecule has 5 rings (SSSR count). The fraction of sp³-hybridized carbons (Fsp3) is 0.615. The van der Waals surface area contributed by atoms with Crippen LogP contribution in [0, 0.1) is 11.3 Å². The number of aromatic amines is 1. The van der Waals surface area contributed by atoms with Crippen molar-refractivity contribution >= 4 is 6.21 Å². The van der Waals surface area contributed by atoms with Crippen LogP contribution >= 0.6 is 0 Å². The smallest absolute Gasteiger partial charge is 0.416 e. The summed E-state index contributed by atoms with van der Waals surface area (Å²) in [6, 6.07) is 2.23. The summed E-state index contributed by atoms with van der Waals surface area (Å²) >= 11 is 0. The van der Waals surface area contributed by atoms with Gasteiger partial charge in [-0.2, -0.15) is 13.2 Å². The van der Waals surface area contributed by atoms with Gasteiger partial charge in [0.15, 0.2) is 5.82 Å². The van der Waals surface area contributed by atoms with Crippen LogP contribution in [0.4, 0.5) is 13.2 Å². The van der Waals surface area contributed by atoms with Gasteiger partial charge >= 0.3 is 6.18 Å². The van der Waals surface area contributed by atoms with E-state index in [9.17, 15) is 18.3 Å². The van der Waals surface area contributed by atoms with Crippen molar-refractivity contribution in [2.24, 2.45) is 5.92 Å². The zero-order chi connectivity index (χ0) is 26.7. The molecule has 9 nitrogen and oxygen atoms in total. The van der Waals surface area contributed by atoms with Crippen molar-refractivity contribution < 1.29 is 23.0 Å². The molecule has 2 saturated carbocycles. The highest BCUT2D eigenvalue weighted by molar-refractivity contribution is 5.76. The summed E-state index contributed by atoms with van der Waals surface area (Å²) in [5.41, 5.74) is 0.161. The number of ether oxygens (including phenoxy) is 1. The number of hydrogen-bond acceptors (Lipinski definition) is 8. The molecule has 0 bridgehead atoms. The average molecular weight is 534 g/mol. The number of aliphatic hydroxyl groups is 1. The number of aliphatic hydroxyl groups excluding tert-OH is 1. The van der Waals surface area contributed by atoms with Crippen LogP contribution in [0.2, 0.25) is 0 Å². The van der Waals surface area contributed by atoms with Crippen LogP contribution in [0.15, 0.2) is 30.1 Å². The molecule has 206 valence electrons.